The maximum absolute atomic E-state index is 11.3. The summed E-state index contributed by atoms with van der Waals surface area (Å²) in [6.07, 6.45) is 1.10. The molecule has 0 aromatic heterocycles. The minimum absolute atomic E-state index is 0.171. The van der Waals surface area contributed by atoms with Crippen LogP contribution in [0.1, 0.15) is 33.6 Å². The van der Waals surface area contributed by atoms with Gasteiger partial charge in [0.1, 0.15) is 5.60 Å². The highest BCUT2D eigenvalue weighted by molar-refractivity contribution is 7.99. The van der Waals surface area contributed by atoms with E-state index in [1.807, 2.05) is 20.8 Å². The third kappa shape index (κ3) is 13.7. The number of carbonyl (C=O) groups excluding carboxylic acids is 1. The Labute approximate surface area is 108 Å². The van der Waals surface area contributed by atoms with Crippen LogP contribution >= 0.6 is 11.8 Å². The Kier molecular flexibility index (Phi) is 9.59. The molecule has 0 aliphatic carbocycles. The van der Waals surface area contributed by atoms with Gasteiger partial charge in [-0.1, -0.05) is 0 Å². The van der Waals surface area contributed by atoms with E-state index in [0.717, 1.165) is 11.5 Å². The lowest BCUT2D eigenvalue weighted by Crippen LogP contribution is -2.23. The Morgan fingerprint density at radius 1 is 1.24 bits per heavy atom. The van der Waals surface area contributed by atoms with Crippen LogP contribution in [0.5, 0.6) is 0 Å². The number of hydrogen-bond acceptors (Lipinski definition) is 5. The lowest BCUT2D eigenvalue weighted by atomic mass is 10.2. The van der Waals surface area contributed by atoms with Crippen LogP contribution in [0.15, 0.2) is 0 Å². The number of hydrogen-bond donors (Lipinski definition) is 1. The van der Waals surface area contributed by atoms with E-state index in [1.165, 1.54) is 0 Å². The Balaban J connectivity index is 3.25. The number of aliphatic hydroxyl groups excluding tert-OH is 1. The predicted octanol–water partition coefficient (Wildman–Crippen LogP) is 1.85. The average Bonchev–Trinajstić information content (AvgIpc) is 2.19. The molecular formula is C12H24O4S. The molecule has 0 atom stereocenters. The first kappa shape index (κ1) is 16.7. The lowest BCUT2D eigenvalue weighted by Gasteiger charge is -2.19. The zero-order valence-electron chi connectivity index (χ0n) is 11.0. The first-order valence-corrected chi connectivity index (χ1v) is 7.09. The summed E-state index contributed by atoms with van der Waals surface area (Å²) in [5, 5.41) is 8.55. The first-order chi connectivity index (χ1) is 7.95. The summed E-state index contributed by atoms with van der Waals surface area (Å²) in [5.74, 6) is 1.46. The van der Waals surface area contributed by atoms with Crippen LogP contribution in [-0.4, -0.2) is 48.0 Å². The normalized spacial score (nSPS) is 11.5. The summed E-state index contributed by atoms with van der Waals surface area (Å²) >= 11 is 1.66. The van der Waals surface area contributed by atoms with Crippen molar-refractivity contribution in [3.8, 4) is 0 Å². The van der Waals surface area contributed by atoms with Gasteiger partial charge in [0.25, 0.3) is 0 Å². The van der Waals surface area contributed by atoms with E-state index >= 15 is 0 Å². The monoisotopic (exact) mass is 264 g/mol. The third-order valence-corrected chi connectivity index (χ3v) is 2.62. The smallest absolute Gasteiger partial charge is 0.306 e. The second kappa shape index (κ2) is 9.74. The predicted molar refractivity (Wildman–Crippen MR) is 70.3 cm³/mol. The molecule has 0 heterocycles. The van der Waals surface area contributed by atoms with Gasteiger partial charge in [-0.05, 0) is 27.2 Å². The molecule has 4 nitrogen and oxygen atoms in total. The van der Waals surface area contributed by atoms with E-state index < -0.39 is 5.60 Å². The van der Waals surface area contributed by atoms with Crippen molar-refractivity contribution in [1.82, 2.24) is 0 Å². The van der Waals surface area contributed by atoms with Crippen molar-refractivity contribution < 1.29 is 19.4 Å². The molecule has 0 bridgehead atoms. The van der Waals surface area contributed by atoms with Gasteiger partial charge < -0.3 is 14.6 Å². The summed E-state index contributed by atoms with van der Waals surface area (Å²) in [6, 6.07) is 0. The highest BCUT2D eigenvalue weighted by atomic mass is 32.2. The standard InChI is InChI=1S/C12H24O4S/c1-12(2,3)16-11(14)5-4-7-15-8-10-17-9-6-13/h13H,4-10H2,1-3H3. The third-order valence-electron chi connectivity index (χ3n) is 1.70. The molecule has 0 rings (SSSR count). The van der Waals surface area contributed by atoms with Crippen LogP contribution in [0.25, 0.3) is 0 Å². The summed E-state index contributed by atoms with van der Waals surface area (Å²) in [5.41, 5.74) is -0.404. The number of esters is 1. The molecule has 5 heteroatoms. The maximum atomic E-state index is 11.3. The van der Waals surface area contributed by atoms with Crippen molar-refractivity contribution in [1.29, 1.82) is 0 Å². The minimum Gasteiger partial charge on any atom is -0.460 e. The molecule has 0 aliphatic heterocycles. The zero-order valence-corrected chi connectivity index (χ0v) is 11.8. The molecule has 17 heavy (non-hydrogen) atoms. The molecule has 0 saturated carbocycles. The molecule has 0 spiro atoms. The van der Waals surface area contributed by atoms with E-state index in [-0.39, 0.29) is 12.6 Å². The minimum atomic E-state index is -0.404. The molecular weight excluding hydrogens is 240 g/mol. The Hall–Kier alpha value is -0.260. The summed E-state index contributed by atoms with van der Waals surface area (Å²) in [4.78, 5) is 11.3. The summed E-state index contributed by atoms with van der Waals surface area (Å²) in [6.45, 7) is 7.04. The molecule has 0 radical (unpaired) electrons. The highest BCUT2D eigenvalue weighted by Crippen LogP contribution is 2.09. The van der Waals surface area contributed by atoms with E-state index in [9.17, 15) is 4.79 Å². The van der Waals surface area contributed by atoms with Crippen LogP contribution < -0.4 is 0 Å². The molecule has 0 amide bonds. The van der Waals surface area contributed by atoms with Gasteiger partial charge in [-0.2, -0.15) is 11.8 Å². The molecule has 0 aromatic carbocycles. The summed E-state index contributed by atoms with van der Waals surface area (Å²) < 4.78 is 10.5. The lowest BCUT2D eigenvalue weighted by molar-refractivity contribution is -0.155. The number of thioether (sulfide) groups is 1. The Bertz CT molecular complexity index is 201. The highest BCUT2D eigenvalue weighted by Gasteiger charge is 2.15. The number of rotatable bonds is 9. The molecule has 0 aromatic rings. The largest absolute Gasteiger partial charge is 0.460 e. The Morgan fingerprint density at radius 2 is 1.94 bits per heavy atom. The van der Waals surface area contributed by atoms with Crippen molar-refractivity contribution in [3.63, 3.8) is 0 Å². The first-order valence-electron chi connectivity index (χ1n) is 5.94. The molecule has 0 fully saturated rings. The fourth-order valence-corrected chi connectivity index (χ4v) is 1.67. The number of aliphatic hydroxyl groups is 1. The second-order valence-electron chi connectivity index (χ2n) is 4.64. The van der Waals surface area contributed by atoms with Gasteiger partial charge in [-0.15, -0.1) is 0 Å². The van der Waals surface area contributed by atoms with E-state index in [2.05, 4.69) is 0 Å². The fourth-order valence-electron chi connectivity index (χ4n) is 1.10. The average molecular weight is 264 g/mol. The van der Waals surface area contributed by atoms with Gasteiger partial charge in [-0.3, -0.25) is 4.79 Å². The quantitative estimate of drug-likeness (QED) is 0.509. The fraction of sp³-hybridized carbons (Fsp3) is 0.917. The van der Waals surface area contributed by atoms with Crippen molar-refractivity contribution in [2.24, 2.45) is 0 Å². The van der Waals surface area contributed by atoms with Crippen LogP contribution in [-0.2, 0) is 14.3 Å². The van der Waals surface area contributed by atoms with Crippen LogP contribution in [0.4, 0.5) is 0 Å². The Morgan fingerprint density at radius 3 is 2.53 bits per heavy atom. The maximum Gasteiger partial charge on any atom is 0.306 e. The van der Waals surface area contributed by atoms with Gasteiger partial charge in [0.05, 0.1) is 13.2 Å². The number of carbonyl (C=O) groups is 1. The van der Waals surface area contributed by atoms with Gasteiger partial charge >= 0.3 is 5.97 Å². The van der Waals surface area contributed by atoms with E-state index in [4.69, 9.17) is 14.6 Å². The van der Waals surface area contributed by atoms with E-state index in [1.54, 1.807) is 11.8 Å². The van der Waals surface area contributed by atoms with Crippen molar-refractivity contribution in [2.75, 3.05) is 31.3 Å². The molecule has 0 aliphatic rings. The van der Waals surface area contributed by atoms with Crippen LogP contribution in [0, 0.1) is 0 Å². The second-order valence-corrected chi connectivity index (χ2v) is 5.86. The molecule has 1 N–H and O–H groups in total. The van der Waals surface area contributed by atoms with Crippen LogP contribution in [0.2, 0.25) is 0 Å². The zero-order chi connectivity index (χ0) is 13.1. The van der Waals surface area contributed by atoms with Gasteiger partial charge in [0.15, 0.2) is 0 Å². The number of ether oxygens (including phenoxy) is 2. The van der Waals surface area contributed by atoms with Crippen LogP contribution in [0.3, 0.4) is 0 Å². The van der Waals surface area contributed by atoms with E-state index in [0.29, 0.717) is 26.1 Å². The van der Waals surface area contributed by atoms with Crippen molar-refractivity contribution >= 4 is 17.7 Å². The van der Waals surface area contributed by atoms with Gasteiger partial charge in [0, 0.05) is 24.5 Å². The molecule has 0 unspecified atom stereocenters. The molecule has 0 saturated heterocycles. The van der Waals surface area contributed by atoms with Crippen molar-refractivity contribution in [3.05, 3.63) is 0 Å². The van der Waals surface area contributed by atoms with Gasteiger partial charge in [0.2, 0.25) is 0 Å². The van der Waals surface area contributed by atoms with Gasteiger partial charge in [-0.25, -0.2) is 0 Å². The topological polar surface area (TPSA) is 55.8 Å². The SMILES string of the molecule is CC(C)(C)OC(=O)CCCOCCSCCO. The van der Waals surface area contributed by atoms with Crippen molar-refractivity contribution in [2.45, 2.75) is 39.2 Å². The summed E-state index contributed by atoms with van der Waals surface area (Å²) in [7, 11) is 0. The molecule has 102 valence electrons.